The zero-order chi connectivity index (χ0) is 20.4. The Labute approximate surface area is 175 Å². The fourth-order valence-corrected chi connectivity index (χ4v) is 4.98. The minimum Gasteiger partial charge on any atom is -0.352 e. The summed E-state index contributed by atoms with van der Waals surface area (Å²) in [7, 11) is 0. The molecule has 152 valence electrons. The monoisotopic (exact) mass is 421 g/mol. The van der Waals surface area contributed by atoms with Gasteiger partial charge >= 0.3 is 0 Å². The predicted molar refractivity (Wildman–Crippen MR) is 116 cm³/mol. The van der Waals surface area contributed by atoms with Gasteiger partial charge in [-0.15, -0.1) is 0 Å². The number of fused-ring (bicyclic) bond motifs is 1. The Bertz CT molecular complexity index is 928. The van der Waals surface area contributed by atoms with E-state index in [1.54, 1.807) is 22.8 Å². The van der Waals surface area contributed by atoms with E-state index in [1.807, 2.05) is 13.8 Å². The highest BCUT2D eigenvalue weighted by Gasteiger charge is 2.28. The summed E-state index contributed by atoms with van der Waals surface area (Å²) in [5.41, 5.74) is 0.460. The number of rotatable bonds is 5. The van der Waals surface area contributed by atoms with Crippen LogP contribution in [0.2, 0.25) is 5.02 Å². The van der Waals surface area contributed by atoms with Gasteiger partial charge in [0.1, 0.15) is 0 Å². The lowest BCUT2D eigenvalue weighted by Gasteiger charge is -2.34. The molecule has 1 aliphatic carbocycles. The van der Waals surface area contributed by atoms with E-state index >= 15 is 0 Å². The zero-order valence-electron chi connectivity index (χ0n) is 16.9. The third kappa shape index (κ3) is 4.54. The van der Waals surface area contributed by atoms with E-state index in [-0.39, 0.29) is 29.3 Å². The van der Waals surface area contributed by atoms with Gasteiger partial charge in [0.15, 0.2) is 5.16 Å². The molecule has 0 radical (unpaired) electrons. The van der Waals surface area contributed by atoms with Gasteiger partial charge in [-0.1, -0.05) is 50.1 Å². The molecule has 28 heavy (non-hydrogen) atoms. The Morgan fingerprint density at radius 3 is 2.82 bits per heavy atom. The van der Waals surface area contributed by atoms with Crippen LogP contribution < -0.4 is 10.9 Å². The molecule has 7 heteroatoms. The van der Waals surface area contributed by atoms with Crippen LogP contribution in [0.1, 0.15) is 53.0 Å². The van der Waals surface area contributed by atoms with E-state index in [0.717, 1.165) is 12.8 Å². The first-order valence-electron chi connectivity index (χ1n) is 9.92. The first-order chi connectivity index (χ1) is 13.3. The van der Waals surface area contributed by atoms with Gasteiger partial charge in [0, 0.05) is 17.1 Å². The largest absolute Gasteiger partial charge is 0.352 e. The van der Waals surface area contributed by atoms with Crippen molar-refractivity contribution in [1.29, 1.82) is 0 Å². The molecule has 0 bridgehead atoms. The third-order valence-electron chi connectivity index (χ3n) is 5.73. The van der Waals surface area contributed by atoms with Crippen LogP contribution in [0.25, 0.3) is 10.9 Å². The molecule has 1 amide bonds. The van der Waals surface area contributed by atoms with Crippen molar-refractivity contribution in [2.24, 2.45) is 11.8 Å². The first kappa shape index (κ1) is 21.2. The summed E-state index contributed by atoms with van der Waals surface area (Å²) in [6.07, 6.45) is 3.42. The van der Waals surface area contributed by atoms with E-state index < -0.39 is 0 Å². The van der Waals surface area contributed by atoms with Gasteiger partial charge in [-0.3, -0.25) is 14.2 Å². The molecule has 1 fully saturated rings. The second-order valence-corrected chi connectivity index (χ2v) is 9.43. The van der Waals surface area contributed by atoms with Crippen molar-refractivity contribution in [3.05, 3.63) is 33.6 Å². The zero-order valence-corrected chi connectivity index (χ0v) is 18.4. The molecule has 0 unspecified atom stereocenters. The van der Waals surface area contributed by atoms with E-state index in [0.29, 0.717) is 32.9 Å². The van der Waals surface area contributed by atoms with Crippen molar-refractivity contribution in [2.75, 3.05) is 5.75 Å². The van der Waals surface area contributed by atoms with Crippen molar-refractivity contribution in [1.82, 2.24) is 14.9 Å². The lowest BCUT2D eigenvalue weighted by Crippen LogP contribution is -2.44. The van der Waals surface area contributed by atoms with Crippen LogP contribution in [-0.4, -0.2) is 27.3 Å². The minimum atomic E-state index is -0.102. The number of hydrogen-bond donors (Lipinski definition) is 1. The number of aromatic nitrogens is 2. The fourth-order valence-electron chi connectivity index (χ4n) is 3.87. The molecule has 0 saturated heterocycles. The topological polar surface area (TPSA) is 64.0 Å². The number of carbonyl (C=O) groups is 1. The standard InChI is InChI=1S/C21H28ClN3O2S/c1-12(2)25-20(27)16-9-8-15(22)10-18(16)24-21(25)28-11-19(26)23-17-7-5-6-13(3)14(17)4/h8-10,12-14,17H,5-7,11H2,1-4H3,(H,23,26)/t13-,14+,17+/m0/s1. The number of halogens is 1. The maximum atomic E-state index is 12.9. The summed E-state index contributed by atoms with van der Waals surface area (Å²) in [6, 6.07) is 5.28. The predicted octanol–water partition coefficient (Wildman–Crippen LogP) is 4.66. The van der Waals surface area contributed by atoms with Crippen LogP contribution >= 0.6 is 23.4 Å². The normalized spacial score (nSPS) is 22.6. The molecule has 1 N–H and O–H groups in total. The van der Waals surface area contributed by atoms with Crippen molar-refractivity contribution in [3.8, 4) is 0 Å². The molecule has 5 nitrogen and oxygen atoms in total. The summed E-state index contributed by atoms with van der Waals surface area (Å²) < 4.78 is 1.65. The lowest BCUT2D eigenvalue weighted by molar-refractivity contribution is -0.120. The summed E-state index contributed by atoms with van der Waals surface area (Å²) >= 11 is 7.37. The van der Waals surface area contributed by atoms with Gasteiger partial charge in [0.05, 0.1) is 16.7 Å². The van der Waals surface area contributed by atoms with Gasteiger partial charge in [0.2, 0.25) is 5.91 Å². The summed E-state index contributed by atoms with van der Waals surface area (Å²) in [4.78, 5) is 30.1. The van der Waals surface area contributed by atoms with Crippen LogP contribution in [0, 0.1) is 11.8 Å². The van der Waals surface area contributed by atoms with Crippen LogP contribution in [0.5, 0.6) is 0 Å². The Hall–Kier alpha value is -1.53. The van der Waals surface area contributed by atoms with Crippen LogP contribution in [-0.2, 0) is 4.79 Å². The minimum absolute atomic E-state index is 0.00769. The van der Waals surface area contributed by atoms with Crippen LogP contribution in [0.3, 0.4) is 0 Å². The molecular weight excluding hydrogens is 394 g/mol. The maximum Gasteiger partial charge on any atom is 0.262 e. The third-order valence-corrected chi connectivity index (χ3v) is 6.92. The van der Waals surface area contributed by atoms with Crippen molar-refractivity contribution in [3.63, 3.8) is 0 Å². The van der Waals surface area contributed by atoms with Gasteiger partial charge < -0.3 is 5.32 Å². The second-order valence-electron chi connectivity index (χ2n) is 8.05. The highest BCUT2D eigenvalue weighted by Crippen LogP contribution is 2.29. The molecule has 1 saturated carbocycles. The van der Waals surface area contributed by atoms with E-state index in [9.17, 15) is 9.59 Å². The van der Waals surface area contributed by atoms with Gasteiger partial charge in [-0.2, -0.15) is 0 Å². The summed E-state index contributed by atoms with van der Waals surface area (Å²) in [5.74, 6) is 1.34. The van der Waals surface area contributed by atoms with Crippen LogP contribution in [0.15, 0.2) is 28.2 Å². The number of amides is 1. The lowest BCUT2D eigenvalue weighted by atomic mass is 9.78. The van der Waals surface area contributed by atoms with Crippen molar-refractivity contribution < 1.29 is 4.79 Å². The van der Waals surface area contributed by atoms with Gasteiger partial charge in [-0.05, 0) is 50.3 Å². The molecule has 1 aromatic heterocycles. The van der Waals surface area contributed by atoms with Gasteiger partial charge in [-0.25, -0.2) is 4.98 Å². The first-order valence-corrected chi connectivity index (χ1v) is 11.3. The maximum absolute atomic E-state index is 12.9. The molecule has 1 aliphatic rings. The average molecular weight is 422 g/mol. The summed E-state index contributed by atoms with van der Waals surface area (Å²) in [6.45, 7) is 8.36. The molecule has 1 heterocycles. The molecule has 0 aliphatic heterocycles. The van der Waals surface area contributed by atoms with E-state index in [2.05, 4.69) is 24.1 Å². The highest BCUT2D eigenvalue weighted by molar-refractivity contribution is 7.99. The Kier molecular flexibility index (Phi) is 6.71. The van der Waals surface area contributed by atoms with Gasteiger partial charge in [0.25, 0.3) is 5.56 Å². The SMILES string of the molecule is CC(C)n1c(SCC(=O)N[C@@H]2CCC[C@H](C)[C@H]2C)nc2cc(Cl)ccc2c1=O. The molecule has 3 rings (SSSR count). The average Bonchev–Trinajstić information content (AvgIpc) is 2.63. The molecule has 3 atom stereocenters. The molecular formula is C21H28ClN3O2S. The number of thioether (sulfide) groups is 1. The van der Waals surface area contributed by atoms with Crippen LogP contribution in [0.4, 0.5) is 0 Å². The van der Waals surface area contributed by atoms with E-state index in [4.69, 9.17) is 11.6 Å². The number of benzene rings is 1. The number of nitrogens with zero attached hydrogens (tertiary/aromatic N) is 2. The van der Waals surface area contributed by atoms with Crippen molar-refractivity contribution in [2.45, 2.75) is 64.2 Å². The van der Waals surface area contributed by atoms with E-state index in [1.165, 1.54) is 18.2 Å². The smallest absolute Gasteiger partial charge is 0.262 e. The Morgan fingerprint density at radius 2 is 2.11 bits per heavy atom. The Morgan fingerprint density at radius 1 is 1.36 bits per heavy atom. The fraction of sp³-hybridized carbons (Fsp3) is 0.571. The number of nitrogens with one attached hydrogen (secondary N) is 1. The summed E-state index contributed by atoms with van der Waals surface area (Å²) in [5, 5.41) is 4.81. The number of hydrogen-bond acceptors (Lipinski definition) is 4. The highest BCUT2D eigenvalue weighted by atomic mass is 35.5. The quantitative estimate of drug-likeness (QED) is 0.563. The molecule has 0 spiro atoms. The van der Waals surface area contributed by atoms with Crippen molar-refractivity contribution >= 4 is 40.2 Å². The number of carbonyl (C=O) groups excluding carboxylic acids is 1. The second kappa shape index (κ2) is 8.87. The molecule has 1 aromatic carbocycles. The Balaban J connectivity index is 1.78. The molecule has 2 aromatic rings.